The Morgan fingerprint density at radius 1 is 0.385 bits per heavy atom. The summed E-state index contributed by atoms with van der Waals surface area (Å²) in [6.07, 6.45) is 3.81. The smallest absolute Gasteiger partial charge is 0.227 e. The Morgan fingerprint density at radius 2 is 0.865 bits per heavy atom. The molecule has 0 unspecified atom stereocenters. The number of hydrogen-bond acceptors (Lipinski definition) is 7. The van der Waals surface area contributed by atoms with Gasteiger partial charge in [-0.3, -0.25) is 4.98 Å². The molecule has 0 aliphatic heterocycles. The lowest BCUT2D eigenvalue weighted by molar-refractivity contribution is 0.619. The molecule has 7 heteroatoms. The van der Waals surface area contributed by atoms with Gasteiger partial charge in [0.1, 0.15) is 11.0 Å². The molecular weight excluding hydrogens is 643 g/mol. The molecule has 0 bridgehead atoms. The summed E-state index contributed by atoms with van der Waals surface area (Å²) >= 11 is 0. The van der Waals surface area contributed by atoms with Crippen molar-refractivity contribution in [2.45, 2.75) is 0 Å². The van der Waals surface area contributed by atoms with E-state index in [1.807, 2.05) is 122 Å². The standard InChI is InChI=1S/C45H27N5O2/c1-2-8-35-34(7-1)26-46-27-36(35)28-13-19-31(20-14-28)43-47-39(29-15-21-32(22-16-29)44-49-37-9-3-5-11-41(37)51-44)25-40(48-43)30-17-23-33(24-18-30)45-50-38-10-4-6-12-42(38)52-45/h1-27H. The fraction of sp³-hybridized carbons (Fsp3) is 0. The van der Waals surface area contributed by atoms with Gasteiger partial charge in [-0.1, -0.05) is 97.1 Å². The summed E-state index contributed by atoms with van der Waals surface area (Å²) in [5, 5.41) is 2.27. The van der Waals surface area contributed by atoms with Gasteiger partial charge in [0.05, 0.1) is 11.4 Å². The van der Waals surface area contributed by atoms with Crippen LogP contribution in [0.4, 0.5) is 0 Å². The lowest BCUT2D eigenvalue weighted by Gasteiger charge is -2.11. The number of nitrogens with zero attached hydrogens (tertiary/aromatic N) is 5. The van der Waals surface area contributed by atoms with Crippen LogP contribution in [0.15, 0.2) is 173 Å². The van der Waals surface area contributed by atoms with Crippen LogP contribution in [0.2, 0.25) is 0 Å². The van der Waals surface area contributed by atoms with E-state index in [0.717, 1.165) is 83.3 Å². The van der Waals surface area contributed by atoms with Crippen LogP contribution in [0.3, 0.4) is 0 Å². The quantitative estimate of drug-likeness (QED) is 0.174. The molecule has 0 aliphatic rings. The van der Waals surface area contributed by atoms with E-state index in [9.17, 15) is 0 Å². The summed E-state index contributed by atoms with van der Waals surface area (Å²) in [5.74, 6) is 1.79. The third-order valence-electron chi connectivity index (χ3n) is 9.29. The summed E-state index contributed by atoms with van der Waals surface area (Å²) in [6, 6.07) is 50.5. The van der Waals surface area contributed by atoms with Crippen LogP contribution in [0, 0.1) is 0 Å². The minimum Gasteiger partial charge on any atom is -0.436 e. The SMILES string of the molecule is c1ccc2c(-c3ccc(-c4nc(-c5ccc(-c6nc7ccccc7o6)cc5)cc(-c5ccc(-c6nc7ccccc7o6)cc5)n4)cc3)cncc2c1. The molecule has 0 saturated heterocycles. The normalized spacial score (nSPS) is 11.5. The fourth-order valence-corrected chi connectivity index (χ4v) is 6.58. The van der Waals surface area contributed by atoms with Crippen LogP contribution in [0.25, 0.3) is 101 Å². The van der Waals surface area contributed by atoms with Crippen LogP contribution in [0.5, 0.6) is 0 Å². The van der Waals surface area contributed by atoms with Crippen molar-refractivity contribution in [3.63, 3.8) is 0 Å². The topological polar surface area (TPSA) is 90.7 Å². The van der Waals surface area contributed by atoms with E-state index in [1.165, 1.54) is 0 Å². The Hall–Kier alpha value is -7.25. The molecule has 0 saturated carbocycles. The summed E-state index contributed by atoms with van der Waals surface area (Å²) in [7, 11) is 0. The Balaban J connectivity index is 1.04. The second kappa shape index (κ2) is 12.3. The second-order valence-electron chi connectivity index (χ2n) is 12.6. The molecule has 0 atom stereocenters. The van der Waals surface area contributed by atoms with E-state index in [-0.39, 0.29) is 0 Å². The third-order valence-corrected chi connectivity index (χ3v) is 9.29. The van der Waals surface area contributed by atoms with Crippen molar-refractivity contribution in [2.75, 3.05) is 0 Å². The highest BCUT2D eigenvalue weighted by molar-refractivity contribution is 5.96. The van der Waals surface area contributed by atoms with Crippen molar-refractivity contribution in [2.24, 2.45) is 0 Å². The number of aromatic nitrogens is 5. The molecule has 6 aromatic carbocycles. The zero-order chi connectivity index (χ0) is 34.4. The molecule has 7 nitrogen and oxygen atoms in total. The maximum Gasteiger partial charge on any atom is 0.227 e. The van der Waals surface area contributed by atoms with Gasteiger partial charge in [-0.05, 0) is 65.5 Å². The molecule has 0 spiro atoms. The van der Waals surface area contributed by atoms with Gasteiger partial charge in [-0.15, -0.1) is 0 Å². The maximum absolute atomic E-state index is 6.03. The molecule has 0 fully saturated rings. The molecule has 10 rings (SSSR count). The van der Waals surface area contributed by atoms with Crippen molar-refractivity contribution in [3.05, 3.63) is 164 Å². The van der Waals surface area contributed by atoms with E-state index in [4.69, 9.17) is 18.8 Å². The molecule has 10 aromatic rings. The predicted molar refractivity (Wildman–Crippen MR) is 205 cm³/mol. The summed E-state index contributed by atoms with van der Waals surface area (Å²) in [5.41, 5.74) is 11.5. The van der Waals surface area contributed by atoms with E-state index >= 15 is 0 Å². The molecule has 0 aliphatic carbocycles. The van der Waals surface area contributed by atoms with Crippen molar-refractivity contribution < 1.29 is 8.83 Å². The van der Waals surface area contributed by atoms with Crippen LogP contribution in [-0.2, 0) is 0 Å². The van der Waals surface area contributed by atoms with Crippen LogP contribution < -0.4 is 0 Å². The summed E-state index contributed by atoms with van der Waals surface area (Å²) in [4.78, 5) is 24.0. The molecule has 0 radical (unpaired) electrons. The van der Waals surface area contributed by atoms with Gasteiger partial charge in [0.25, 0.3) is 0 Å². The summed E-state index contributed by atoms with van der Waals surface area (Å²) < 4.78 is 12.1. The first kappa shape index (κ1) is 29.6. The largest absolute Gasteiger partial charge is 0.436 e. The van der Waals surface area contributed by atoms with Crippen molar-refractivity contribution >= 4 is 33.0 Å². The average molecular weight is 670 g/mol. The Kier molecular flexibility index (Phi) is 6.99. The number of oxazole rings is 2. The number of rotatable bonds is 6. The Labute approximate surface area is 298 Å². The molecule has 0 N–H and O–H groups in total. The molecule has 0 amide bonds. The lowest BCUT2D eigenvalue weighted by Crippen LogP contribution is -1.96. The van der Waals surface area contributed by atoms with Crippen molar-refractivity contribution in [1.82, 2.24) is 24.9 Å². The minimum absolute atomic E-state index is 0.581. The number of pyridine rings is 1. The predicted octanol–water partition coefficient (Wildman–Crippen LogP) is 11.3. The van der Waals surface area contributed by atoms with Gasteiger partial charge in [0.15, 0.2) is 17.0 Å². The van der Waals surface area contributed by atoms with Crippen LogP contribution >= 0.6 is 0 Å². The molecule has 4 aromatic heterocycles. The monoisotopic (exact) mass is 669 g/mol. The first-order valence-electron chi connectivity index (χ1n) is 17.0. The third kappa shape index (κ3) is 5.37. The zero-order valence-electron chi connectivity index (χ0n) is 27.6. The van der Waals surface area contributed by atoms with E-state index in [0.29, 0.717) is 17.6 Å². The van der Waals surface area contributed by atoms with Crippen molar-refractivity contribution in [3.8, 4) is 67.9 Å². The Bertz CT molecular complexity index is 2690. The summed E-state index contributed by atoms with van der Waals surface area (Å²) in [6.45, 7) is 0. The molecule has 4 heterocycles. The fourth-order valence-electron chi connectivity index (χ4n) is 6.58. The van der Waals surface area contributed by atoms with Crippen molar-refractivity contribution in [1.29, 1.82) is 0 Å². The van der Waals surface area contributed by atoms with Gasteiger partial charge < -0.3 is 8.83 Å². The Morgan fingerprint density at radius 3 is 1.44 bits per heavy atom. The van der Waals surface area contributed by atoms with Crippen LogP contribution in [-0.4, -0.2) is 24.9 Å². The van der Waals surface area contributed by atoms with Gasteiger partial charge >= 0.3 is 0 Å². The second-order valence-corrected chi connectivity index (χ2v) is 12.6. The van der Waals surface area contributed by atoms with E-state index in [2.05, 4.69) is 57.4 Å². The van der Waals surface area contributed by atoms with E-state index in [1.54, 1.807) is 0 Å². The first-order chi connectivity index (χ1) is 25.7. The number of para-hydroxylation sites is 4. The zero-order valence-corrected chi connectivity index (χ0v) is 27.6. The number of hydrogen-bond donors (Lipinski definition) is 0. The van der Waals surface area contributed by atoms with Gasteiger partial charge in [-0.25, -0.2) is 19.9 Å². The van der Waals surface area contributed by atoms with Crippen LogP contribution in [0.1, 0.15) is 0 Å². The van der Waals surface area contributed by atoms with Gasteiger partial charge in [-0.2, -0.15) is 0 Å². The first-order valence-corrected chi connectivity index (χ1v) is 17.0. The number of benzene rings is 6. The lowest BCUT2D eigenvalue weighted by atomic mass is 9.99. The highest BCUT2D eigenvalue weighted by Gasteiger charge is 2.15. The molecule has 244 valence electrons. The minimum atomic E-state index is 0.581. The average Bonchev–Trinajstić information content (AvgIpc) is 3.86. The highest BCUT2D eigenvalue weighted by Crippen LogP contribution is 2.33. The van der Waals surface area contributed by atoms with Gasteiger partial charge in [0.2, 0.25) is 11.8 Å². The maximum atomic E-state index is 6.03. The molecular formula is C45H27N5O2. The highest BCUT2D eigenvalue weighted by atomic mass is 16.4. The number of fused-ring (bicyclic) bond motifs is 3. The van der Waals surface area contributed by atoms with E-state index < -0.39 is 0 Å². The molecule has 52 heavy (non-hydrogen) atoms. The van der Waals surface area contributed by atoms with Gasteiger partial charge in [0, 0.05) is 51.2 Å².